The van der Waals surface area contributed by atoms with E-state index < -0.39 is 0 Å². The number of hydrogen-bond acceptors (Lipinski definition) is 3. The van der Waals surface area contributed by atoms with Gasteiger partial charge in [0.15, 0.2) is 0 Å². The van der Waals surface area contributed by atoms with Crippen molar-refractivity contribution in [3.63, 3.8) is 0 Å². The van der Waals surface area contributed by atoms with Gasteiger partial charge in [-0.1, -0.05) is 18.2 Å². The number of nitrogens with zero attached hydrogens (tertiary/aromatic N) is 3. The van der Waals surface area contributed by atoms with E-state index in [4.69, 9.17) is 0 Å². The largest absolute Gasteiger partial charge is 0.277 e. The highest BCUT2D eigenvalue weighted by atomic mass is 15.1. The monoisotopic (exact) mass is 272 g/mol. The Morgan fingerprint density at radius 2 is 1.76 bits per heavy atom. The number of pyridine rings is 2. The zero-order valence-corrected chi connectivity index (χ0v) is 11.2. The van der Waals surface area contributed by atoms with E-state index in [1.165, 1.54) is 0 Å². The minimum atomic E-state index is 0.972. The van der Waals surface area contributed by atoms with E-state index in [9.17, 15) is 0 Å². The van der Waals surface area contributed by atoms with Crippen molar-refractivity contribution in [3.8, 4) is 22.4 Å². The van der Waals surface area contributed by atoms with Crippen LogP contribution in [0.5, 0.6) is 0 Å². The molecule has 100 valence electrons. The molecule has 1 aromatic carbocycles. The van der Waals surface area contributed by atoms with Crippen LogP contribution in [0.15, 0.2) is 67.3 Å². The second-order valence-electron chi connectivity index (χ2n) is 4.78. The molecule has 0 fully saturated rings. The molecule has 0 amide bonds. The van der Waals surface area contributed by atoms with Crippen LogP contribution in [-0.4, -0.2) is 20.2 Å². The van der Waals surface area contributed by atoms with Gasteiger partial charge in [-0.3, -0.25) is 15.1 Å². The van der Waals surface area contributed by atoms with Crippen LogP contribution in [0, 0.1) is 0 Å². The first-order chi connectivity index (χ1) is 10.4. The van der Waals surface area contributed by atoms with E-state index in [0.29, 0.717) is 0 Å². The molecule has 3 aromatic heterocycles. The van der Waals surface area contributed by atoms with Crippen LogP contribution in [0.25, 0.3) is 33.3 Å². The molecular formula is C17H12N4. The minimum absolute atomic E-state index is 0.972. The lowest BCUT2D eigenvalue weighted by Gasteiger charge is -2.06. The third-order valence-corrected chi connectivity index (χ3v) is 3.53. The van der Waals surface area contributed by atoms with Crippen LogP contribution in [0.4, 0.5) is 0 Å². The third kappa shape index (κ3) is 1.97. The number of H-pyrrole nitrogens is 1. The fourth-order valence-electron chi connectivity index (χ4n) is 2.55. The molecule has 0 bridgehead atoms. The van der Waals surface area contributed by atoms with Crippen LogP contribution in [-0.2, 0) is 0 Å². The second-order valence-corrected chi connectivity index (χ2v) is 4.78. The molecule has 0 spiro atoms. The van der Waals surface area contributed by atoms with E-state index in [-0.39, 0.29) is 0 Å². The topological polar surface area (TPSA) is 54.5 Å². The molecule has 0 unspecified atom stereocenters. The summed E-state index contributed by atoms with van der Waals surface area (Å²) in [5.41, 5.74) is 5.15. The SMILES string of the molecule is c1cncc(-c2[nH]ncc2-c2ccnc3ccccc23)c1. The van der Waals surface area contributed by atoms with E-state index in [0.717, 1.165) is 33.3 Å². The summed E-state index contributed by atoms with van der Waals surface area (Å²) in [6, 6.07) is 14.1. The van der Waals surface area contributed by atoms with E-state index >= 15 is 0 Å². The quantitative estimate of drug-likeness (QED) is 0.605. The number of benzene rings is 1. The second kappa shape index (κ2) is 4.83. The highest BCUT2D eigenvalue weighted by Gasteiger charge is 2.12. The van der Waals surface area contributed by atoms with Gasteiger partial charge in [-0.25, -0.2) is 0 Å². The van der Waals surface area contributed by atoms with Crippen LogP contribution >= 0.6 is 0 Å². The minimum Gasteiger partial charge on any atom is -0.277 e. The fraction of sp³-hybridized carbons (Fsp3) is 0. The Morgan fingerprint density at radius 1 is 0.810 bits per heavy atom. The van der Waals surface area contributed by atoms with Crippen molar-refractivity contribution in [2.45, 2.75) is 0 Å². The molecule has 4 heteroatoms. The van der Waals surface area contributed by atoms with E-state index in [2.05, 4.69) is 26.2 Å². The Hall–Kier alpha value is -3.01. The van der Waals surface area contributed by atoms with E-state index in [1.807, 2.05) is 55.0 Å². The van der Waals surface area contributed by atoms with Crippen molar-refractivity contribution >= 4 is 10.9 Å². The molecule has 0 radical (unpaired) electrons. The van der Waals surface area contributed by atoms with Gasteiger partial charge >= 0.3 is 0 Å². The average Bonchev–Trinajstić information content (AvgIpc) is 3.04. The molecule has 3 heterocycles. The number of para-hydroxylation sites is 1. The van der Waals surface area contributed by atoms with Gasteiger partial charge in [0.05, 0.1) is 17.4 Å². The molecule has 0 atom stereocenters. The molecule has 0 aliphatic heterocycles. The summed E-state index contributed by atoms with van der Waals surface area (Å²) in [5.74, 6) is 0. The molecule has 21 heavy (non-hydrogen) atoms. The Kier molecular flexibility index (Phi) is 2.71. The highest BCUT2D eigenvalue weighted by Crippen LogP contribution is 2.33. The summed E-state index contributed by atoms with van der Waals surface area (Å²) < 4.78 is 0. The lowest BCUT2D eigenvalue weighted by Crippen LogP contribution is -1.86. The first-order valence-corrected chi connectivity index (χ1v) is 6.71. The van der Waals surface area contributed by atoms with Crippen molar-refractivity contribution in [1.82, 2.24) is 20.2 Å². The van der Waals surface area contributed by atoms with Crippen LogP contribution < -0.4 is 0 Å². The Bertz CT molecular complexity index is 891. The normalized spacial score (nSPS) is 10.9. The summed E-state index contributed by atoms with van der Waals surface area (Å²) in [6.07, 6.45) is 7.28. The maximum absolute atomic E-state index is 4.41. The molecule has 4 rings (SSSR count). The summed E-state index contributed by atoms with van der Waals surface area (Å²) in [4.78, 5) is 8.59. The summed E-state index contributed by atoms with van der Waals surface area (Å²) in [7, 11) is 0. The van der Waals surface area contributed by atoms with Gasteiger partial charge in [0.2, 0.25) is 0 Å². The standard InChI is InChI=1S/C17H12N4/c1-2-6-16-14(5-1)13(7-9-19-16)15-11-20-21-17(15)12-4-3-8-18-10-12/h1-11H,(H,20,21). The summed E-state index contributed by atoms with van der Waals surface area (Å²) >= 11 is 0. The van der Waals surface area contributed by atoms with Crippen molar-refractivity contribution in [1.29, 1.82) is 0 Å². The molecule has 0 aliphatic rings. The van der Waals surface area contributed by atoms with Crippen molar-refractivity contribution < 1.29 is 0 Å². The average molecular weight is 272 g/mol. The van der Waals surface area contributed by atoms with Crippen LogP contribution in [0.3, 0.4) is 0 Å². The summed E-state index contributed by atoms with van der Waals surface area (Å²) in [6.45, 7) is 0. The number of rotatable bonds is 2. The van der Waals surface area contributed by atoms with Crippen LogP contribution in [0.1, 0.15) is 0 Å². The number of nitrogens with one attached hydrogen (secondary N) is 1. The van der Waals surface area contributed by atoms with Crippen molar-refractivity contribution in [2.24, 2.45) is 0 Å². The molecule has 1 N–H and O–H groups in total. The lowest BCUT2D eigenvalue weighted by atomic mass is 9.99. The van der Waals surface area contributed by atoms with Gasteiger partial charge < -0.3 is 0 Å². The van der Waals surface area contributed by atoms with Crippen LogP contribution in [0.2, 0.25) is 0 Å². The number of aromatic nitrogens is 4. The first-order valence-electron chi connectivity index (χ1n) is 6.71. The molecule has 0 aliphatic carbocycles. The Morgan fingerprint density at radius 3 is 2.67 bits per heavy atom. The number of hydrogen-bond donors (Lipinski definition) is 1. The highest BCUT2D eigenvalue weighted by molar-refractivity contribution is 5.97. The third-order valence-electron chi connectivity index (χ3n) is 3.53. The number of aromatic amines is 1. The zero-order chi connectivity index (χ0) is 14.1. The fourth-order valence-corrected chi connectivity index (χ4v) is 2.55. The van der Waals surface area contributed by atoms with Crippen molar-refractivity contribution in [3.05, 3.63) is 67.3 Å². The molecule has 4 nitrogen and oxygen atoms in total. The predicted octanol–water partition coefficient (Wildman–Crippen LogP) is 3.69. The molecule has 0 saturated heterocycles. The van der Waals surface area contributed by atoms with Gasteiger partial charge in [-0.05, 0) is 29.8 Å². The Labute approximate surface area is 121 Å². The maximum Gasteiger partial charge on any atom is 0.0744 e. The van der Waals surface area contributed by atoms with Gasteiger partial charge in [0, 0.05) is 35.1 Å². The summed E-state index contributed by atoms with van der Waals surface area (Å²) in [5, 5.41) is 8.40. The van der Waals surface area contributed by atoms with Gasteiger partial charge in [0.25, 0.3) is 0 Å². The smallest absolute Gasteiger partial charge is 0.0744 e. The zero-order valence-electron chi connectivity index (χ0n) is 11.2. The van der Waals surface area contributed by atoms with Gasteiger partial charge in [-0.15, -0.1) is 0 Å². The Balaban J connectivity index is 1.97. The predicted molar refractivity (Wildman–Crippen MR) is 82.6 cm³/mol. The molecule has 4 aromatic rings. The van der Waals surface area contributed by atoms with Gasteiger partial charge in [0.1, 0.15) is 0 Å². The van der Waals surface area contributed by atoms with E-state index in [1.54, 1.807) is 6.20 Å². The maximum atomic E-state index is 4.41. The van der Waals surface area contributed by atoms with Gasteiger partial charge in [-0.2, -0.15) is 5.10 Å². The number of fused-ring (bicyclic) bond motifs is 1. The molecular weight excluding hydrogens is 260 g/mol. The lowest BCUT2D eigenvalue weighted by molar-refractivity contribution is 1.09. The first kappa shape index (κ1) is 11.8. The van der Waals surface area contributed by atoms with Crippen molar-refractivity contribution in [2.75, 3.05) is 0 Å². The molecule has 0 saturated carbocycles.